The second-order valence-corrected chi connectivity index (χ2v) is 8.02. The van der Waals surface area contributed by atoms with Crippen LogP contribution in [-0.4, -0.2) is 27.8 Å². The number of thioether (sulfide) groups is 2. The normalized spacial score (nSPS) is 23.4. The molecule has 6 heteroatoms. The highest BCUT2D eigenvalue weighted by Crippen LogP contribution is 2.37. The fourth-order valence-corrected chi connectivity index (χ4v) is 5.50. The lowest BCUT2D eigenvalue weighted by Gasteiger charge is -2.28. The van der Waals surface area contributed by atoms with E-state index in [9.17, 15) is 9.18 Å². The fourth-order valence-electron chi connectivity index (χ4n) is 2.02. The summed E-state index contributed by atoms with van der Waals surface area (Å²) in [5, 5.41) is 0.0657. The molecule has 0 saturated carbocycles. The number of hydrogen-bond donors (Lipinski definition) is 0. The molecule has 19 heavy (non-hydrogen) atoms. The smallest absolute Gasteiger partial charge is 0.179 e. The number of Topliss-reactive ketones (excluding diaryl/α,β-unsaturated/α-hetero) is 1. The molecule has 104 valence electrons. The average Bonchev–Trinajstić information content (AvgIpc) is 2.44. The molecule has 1 aliphatic heterocycles. The Balaban J connectivity index is 2.31. The molecule has 0 radical (unpaired) electrons. The molecule has 0 bridgehead atoms. The Hall–Kier alpha value is 0.290. The van der Waals surface area contributed by atoms with Gasteiger partial charge < -0.3 is 0 Å². The van der Waals surface area contributed by atoms with E-state index in [2.05, 4.69) is 22.9 Å². The summed E-state index contributed by atoms with van der Waals surface area (Å²) in [5.41, 5.74) is 0.103. The molecule has 0 aromatic heterocycles. The summed E-state index contributed by atoms with van der Waals surface area (Å²) in [6, 6.07) is 3.14. The molecule has 2 unspecified atom stereocenters. The molecule has 1 nitrogen and oxygen atoms in total. The number of hydrogen-bond acceptors (Lipinski definition) is 3. The summed E-state index contributed by atoms with van der Waals surface area (Å²) in [7, 11) is 0. The van der Waals surface area contributed by atoms with Crippen molar-refractivity contribution in [3.63, 3.8) is 0 Å². The van der Waals surface area contributed by atoms with Crippen LogP contribution in [-0.2, 0) is 0 Å². The number of carbonyl (C=O) groups is 1. The van der Waals surface area contributed by atoms with Crippen LogP contribution in [0.5, 0.6) is 0 Å². The molecule has 1 saturated heterocycles. The zero-order valence-electron chi connectivity index (χ0n) is 10.3. The third-order valence-electron chi connectivity index (χ3n) is 3.01. The molecule has 1 fully saturated rings. The lowest BCUT2D eigenvalue weighted by atomic mass is 10.0. The van der Waals surface area contributed by atoms with Gasteiger partial charge in [-0.15, -0.1) is 11.8 Å². The van der Waals surface area contributed by atoms with Crippen LogP contribution in [0.25, 0.3) is 0 Å². The van der Waals surface area contributed by atoms with E-state index in [1.165, 1.54) is 6.07 Å². The van der Waals surface area contributed by atoms with Gasteiger partial charge in [-0.1, -0.05) is 18.5 Å². The Morgan fingerprint density at radius 1 is 1.47 bits per heavy atom. The van der Waals surface area contributed by atoms with E-state index in [1.54, 1.807) is 29.6 Å². The number of ketones is 1. The summed E-state index contributed by atoms with van der Waals surface area (Å²) in [6.07, 6.45) is 0.917. The van der Waals surface area contributed by atoms with Crippen LogP contribution < -0.4 is 0 Å². The predicted molar refractivity (Wildman–Crippen MR) is 86.2 cm³/mol. The highest BCUT2D eigenvalue weighted by atomic mass is 79.9. The number of halogens is 3. The van der Waals surface area contributed by atoms with Gasteiger partial charge in [-0.2, -0.15) is 11.8 Å². The van der Waals surface area contributed by atoms with Crippen LogP contribution in [0.2, 0.25) is 5.02 Å². The number of carbonyl (C=O) groups excluding carboxylic acids is 1. The first-order chi connectivity index (χ1) is 9.06. The lowest BCUT2D eigenvalue weighted by molar-refractivity contribution is 0.0984. The molecular formula is C13H13BrClFOS2. The first-order valence-corrected chi connectivity index (χ1v) is 9.24. The molecular weight excluding hydrogens is 371 g/mol. The van der Waals surface area contributed by atoms with Gasteiger partial charge in [0.15, 0.2) is 11.6 Å². The minimum absolute atomic E-state index is 0.0210. The highest BCUT2D eigenvalue weighted by Gasteiger charge is 2.33. The van der Waals surface area contributed by atoms with Crippen molar-refractivity contribution in [1.82, 2.24) is 0 Å². The van der Waals surface area contributed by atoms with Gasteiger partial charge in [0.05, 0.1) is 15.8 Å². The monoisotopic (exact) mass is 382 g/mol. The maximum Gasteiger partial charge on any atom is 0.179 e. The zero-order chi connectivity index (χ0) is 14.0. The van der Waals surface area contributed by atoms with E-state index in [1.807, 2.05) is 0 Å². The van der Waals surface area contributed by atoms with Crippen LogP contribution >= 0.6 is 51.1 Å². The molecule has 0 amide bonds. The lowest BCUT2D eigenvalue weighted by Crippen LogP contribution is -2.33. The Morgan fingerprint density at radius 2 is 2.16 bits per heavy atom. The van der Waals surface area contributed by atoms with E-state index >= 15 is 0 Å². The third kappa shape index (κ3) is 3.31. The van der Waals surface area contributed by atoms with Gasteiger partial charge in [0.1, 0.15) is 0 Å². The molecule has 0 spiro atoms. The largest absolute Gasteiger partial charge is 0.293 e. The van der Waals surface area contributed by atoms with Gasteiger partial charge in [0.25, 0.3) is 0 Å². The maximum absolute atomic E-state index is 14.1. The molecule has 1 aliphatic rings. The Labute approximate surface area is 134 Å². The highest BCUT2D eigenvalue weighted by molar-refractivity contribution is 9.10. The third-order valence-corrected chi connectivity index (χ3v) is 7.52. The zero-order valence-corrected chi connectivity index (χ0v) is 14.3. The van der Waals surface area contributed by atoms with Gasteiger partial charge in [0.2, 0.25) is 0 Å². The van der Waals surface area contributed by atoms with Gasteiger partial charge in [-0.05, 0) is 34.5 Å². The molecule has 1 heterocycles. The average molecular weight is 384 g/mol. The summed E-state index contributed by atoms with van der Waals surface area (Å²) in [5.74, 6) is 1.22. The van der Waals surface area contributed by atoms with Crippen LogP contribution in [0.1, 0.15) is 23.7 Å². The molecule has 1 aromatic carbocycles. The first-order valence-electron chi connectivity index (χ1n) is 5.97. The SMILES string of the molecule is CCC1SCCSC1C(=O)c1ccc(Br)c(Cl)c1F. The van der Waals surface area contributed by atoms with E-state index in [0.29, 0.717) is 4.47 Å². The fraction of sp³-hybridized carbons (Fsp3) is 0.462. The van der Waals surface area contributed by atoms with E-state index in [-0.39, 0.29) is 26.9 Å². The standard InChI is InChI=1S/C13H13BrClFOS2/c1-2-9-13(19-6-5-18-9)12(17)7-3-4-8(14)10(15)11(7)16/h3-4,9,13H,2,5-6H2,1H3. The summed E-state index contributed by atoms with van der Waals surface area (Å²) in [6.45, 7) is 2.06. The van der Waals surface area contributed by atoms with Crippen molar-refractivity contribution in [3.05, 3.63) is 33.0 Å². The van der Waals surface area contributed by atoms with Crippen molar-refractivity contribution >= 4 is 56.8 Å². The Bertz CT molecular complexity index is 498. The van der Waals surface area contributed by atoms with E-state index < -0.39 is 5.82 Å². The van der Waals surface area contributed by atoms with E-state index in [4.69, 9.17) is 11.6 Å². The van der Waals surface area contributed by atoms with Crippen molar-refractivity contribution < 1.29 is 9.18 Å². The molecule has 0 aliphatic carbocycles. The van der Waals surface area contributed by atoms with Crippen molar-refractivity contribution in [2.24, 2.45) is 0 Å². The Morgan fingerprint density at radius 3 is 2.84 bits per heavy atom. The minimum atomic E-state index is -0.618. The van der Waals surface area contributed by atoms with Crippen molar-refractivity contribution in [3.8, 4) is 0 Å². The van der Waals surface area contributed by atoms with Gasteiger partial charge in [0, 0.05) is 21.2 Å². The minimum Gasteiger partial charge on any atom is -0.293 e. The van der Waals surface area contributed by atoms with Crippen molar-refractivity contribution in [2.75, 3.05) is 11.5 Å². The Kier molecular flexibility index (Phi) is 5.64. The van der Waals surface area contributed by atoms with Gasteiger partial charge in [-0.3, -0.25) is 4.79 Å². The summed E-state index contributed by atoms with van der Waals surface area (Å²) in [4.78, 5) is 12.5. The second kappa shape index (κ2) is 6.83. The summed E-state index contributed by atoms with van der Waals surface area (Å²) < 4.78 is 14.6. The number of benzene rings is 1. The molecule has 2 atom stereocenters. The van der Waals surface area contributed by atoms with Gasteiger partial charge >= 0.3 is 0 Å². The quantitative estimate of drug-likeness (QED) is 0.537. The van der Waals surface area contributed by atoms with Gasteiger partial charge in [-0.25, -0.2) is 4.39 Å². The molecule has 0 N–H and O–H groups in total. The first kappa shape index (κ1) is 15.7. The van der Waals surface area contributed by atoms with Crippen molar-refractivity contribution in [2.45, 2.75) is 23.8 Å². The van der Waals surface area contributed by atoms with E-state index in [0.717, 1.165) is 17.9 Å². The second-order valence-electron chi connectivity index (χ2n) is 4.20. The molecule has 2 rings (SSSR count). The summed E-state index contributed by atoms with van der Waals surface area (Å²) >= 11 is 12.4. The van der Waals surface area contributed by atoms with Crippen LogP contribution in [0.4, 0.5) is 4.39 Å². The topological polar surface area (TPSA) is 17.1 Å². The predicted octanol–water partition coefficient (Wildman–Crippen LogP) is 5.05. The van der Waals surface area contributed by atoms with Crippen LogP contribution in [0.15, 0.2) is 16.6 Å². The molecule has 1 aromatic rings. The maximum atomic E-state index is 14.1. The van der Waals surface area contributed by atoms with Crippen LogP contribution in [0.3, 0.4) is 0 Å². The number of rotatable bonds is 3. The van der Waals surface area contributed by atoms with Crippen LogP contribution in [0, 0.1) is 5.82 Å². The van der Waals surface area contributed by atoms with Crippen molar-refractivity contribution in [1.29, 1.82) is 0 Å².